The van der Waals surface area contributed by atoms with Crippen LogP contribution in [0.2, 0.25) is 0 Å². The summed E-state index contributed by atoms with van der Waals surface area (Å²) in [5, 5.41) is 0. The molecule has 0 unspecified atom stereocenters. The van der Waals surface area contributed by atoms with E-state index in [2.05, 4.69) is 44.8 Å². The predicted molar refractivity (Wildman–Crippen MR) is 78.9 cm³/mol. The average Bonchev–Trinajstić information content (AvgIpc) is 2.37. The molecule has 0 saturated carbocycles. The molecule has 0 aliphatic rings. The van der Waals surface area contributed by atoms with Crippen LogP contribution < -0.4 is 17.1 Å². The zero-order valence-corrected chi connectivity index (χ0v) is 14.3. The minimum absolute atomic E-state index is 1.09. The molecule has 5 heteroatoms. The first-order chi connectivity index (χ1) is 8.24. The van der Waals surface area contributed by atoms with Gasteiger partial charge in [0.25, 0.3) is 0 Å². The Hall–Kier alpha value is 0.383. The molecular formula is C12H32GeN4. The van der Waals surface area contributed by atoms with Gasteiger partial charge in [0, 0.05) is 0 Å². The molecule has 4 N–H and O–H groups in total. The Morgan fingerprint density at radius 1 is 0.529 bits per heavy atom. The number of nitrogens with one attached hydrogen (secondary N) is 4. The normalized spacial score (nSPS) is 12.0. The zero-order valence-electron chi connectivity index (χ0n) is 12.2. The molecule has 0 bridgehead atoms. The van der Waals surface area contributed by atoms with Gasteiger partial charge in [-0.2, -0.15) is 0 Å². The number of hydrogen-bond acceptors (Lipinski definition) is 4. The molecule has 0 aliphatic heterocycles. The van der Waals surface area contributed by atoms with E-state index < -0.39 is 14.2 Å². The van der Waals surface area contributed by atoms with Crippen LogP contribution in [-0.2, 0) is 0 Å². The van der Waals surface area contributed by atoms with E-state index in [4.69, 9.17) is 0 Å². The summed E-state index contributed by atoms with van der Waals surface area (Å²) in [6.45, 7) is 13.2. The molecule has 0 aromatic rings. The summed E-state index contributed by atoms with van der Waals surface area (Å²) in [6, 6.07) is 0. The topological polar surface area (TPSA) is 48.1 Å². The fourth-order valence-electron chi connectivity index (χ4n) is 1.62. The van der Waals surface area contributed by atoms with E-state index in [1.807, 2.05) is 0 Å². The Bertz CT molecular complexity index is 129. The van der Waals surface area contributed by atoms with Crippen LogP contribution in [0.5, 0.6) is 0 Å². The molecule has 104 valence electrons. The van der Waals surface area contributed by atoms with Gasteiger partial charge in [-0.05, 0) is 0 Å². The van der Waals surface area contributed by atoms with Crippen molar-refractivity contribution in [3.8, 4) is 0 Å². The third-order valence-electron chi connectivity index (χ3n) is 2.56. The molecule has 0 rings (SSSR count). The van der Waals surface area contributed by atoms with Gasteiger partial charge >= 0.3 is 111 Å². The second kappa shape index (κ2) is 11.5. The Labute approximate surface area is 111 Å². The molecule has 17 heavy (non-hydrogen) atoms. The summed E-state index contributed by atoms with van der Waals surface area (Å²) in [4.78, 5) is 0. The monoisotopic (exact) mass is 306 g/mol. The fourth-order valence-corrected chi connectivity index (χ4v) is 8.44. The third kappa shape index (κ3) is 8.16. The molecule has 0 radical (unpaired) electrons. The predicted octanol–water partition coefficient (Wildman–Crippen LogP) is 1.42. The van der Waals surface area contributed by atoms with Crippen molar-refractivity contribution in [3.63, 3.8) is 0 Å². The Morgan fingerprint density at radius 2 is 0.765 bits per heavy atom. The van der Waals surface area contributed by atoms with Crippen LogP contribution in [0.15, 0.2) is 0 Å². The molecule has 0 aromatic heterocycles. The standard InChI is InChI=1S/C12H32GeN4/c1-5-9-14-13(15-10-6-2,16-11-7-3)17-12-8-4/h14-17H,5-12H2,1-4H3. The van der Waals surface area contributed by atoms with Gasteiger partial charge in [0.1, 0.15) is 0 Å². The number of rotatable bonds is 12. The molecular weight excluding hydrogens is 273 g/mol. The Kier molecular flexibility index (Phi) is 11.7. The molecule has 0 atom stereocenters. The first-order valence-electron chi connectivity index (χ1n) is 7.24. The van der Waals surface area contributed by atoms with Crippen LogP contribution >= 0.6 is 0 Å². The summed E-state index contributed by atoms with van der Waals surface area (Å²) in [5.41, 5.74) is 0. The van der Waals surface area contributed by atoms with Gasteiger partial charge in [0.2, 0.25) is 0 Å². The maximum absolute atomic E-state index is 3.74. The van der Waals surface area contributed by atoms with Crippen LogP contribution in [0, 0.1) is 0 Å². The van der Waals surface area contributed by atoms with Crippen molar-refractivity contribution in [1.82, 2.24) is 17.1 Å². The third-order valence-corrected chi connectivity index (χ3v) is 9.11. The summed E-state index contributed by atoms with van der Waals surface area (Å²) in [5.74, 6) is 0. The van der Waals surface area contributed by atoms with Crippen molar-refractivity contribution in [2.24, 2.45) is 0 Å². The van der Waals surface area contributed by atoms with E-state index in [9.17, 15) is 0 Å². The summed E-state index contributed by atoms with van der Waals surface area (Å²) in [6.07, 6.45) is 4.73. The molecule has 0 saturated heterocycles. The van der Waals surface area contributed by atoms with E-state index in [0.29, 0.717) is 0 Å². The molecule has 4 nitrogen and oxygen atoms in total. The zero-order chi connectivity index (χ0) is 13.0. The molecule has 0 spiro atoms. The van der Waals surface area contributed by atoms with Crippen LogP contribution in [-0.4, -0.2) is 40.3 Å². The molecule has 0 amide bonds. The molecule has 0 heterocycles. The van der Waals surface area contributed by atoms with Crippen molar-refractivity contribution in [2.45, 2.75) is 53.4 Å². The van der Waals surface area contributed by atoms with Gasteiger partial charge in [-0.3, -0.25) is 0 Å². The van der Waals surface area contributed by atoms with Crippen LogP contribution in [0.4, 0.5) is 0 Å². The summed E-state index contributed by atoms with van der Waals surface area (Å²) >= 11 is -2.43. The van der Waals surface area contributed by atoms with Crippen molar-refractivity contribution in [3.05, 3.63) is 0 Å². The average molecular weight is 305 g/mol. The summed E-state index contributed by atoms with van der Waals surface area (Å²) < 4.78 is 15.0. The Morgan fingerprint density at radius 3 is 0.941 bits per heavy atom. The van der Waals surface area contributed by atoms with E-state index in [1.165, 1.54) is 25.7 Å². The van der Waals surface area contributed by atoms with Crippen molar-refractivity contribution in [2.75, 3.05) is 26.2 Å². The quantitative estimate of drug-likeness (QED) is 0.412. The Balaban J connectivity index is 4.39. The second-order valence-corrected chi connectivity index (χ2v) is 10.6. The molecule has 0 aliphatic carbocycles. The van der Waals surface area contributed by atoms with E-state index in [0.717, 1.165) is 26.2 Å². The summed E-state index contributed by atoms with van der Waals surface area (Å²) in [7, 11) is 0. The van der Waals surface area contributed by atoms with E-state index in [-0.39, 0.29) is 0 Å². The number of hydrogen-bond donors (Lipinski definition) is 4. The SMILES string of the molecule is CCC[NH][Ge]([NH]CCC)([NH]CCC)[NH]CCC. The van der Waals surface area contributed by atoms with Gasteiger partial charge < -0.3 is 0 Å². The maximum atomic E-state index is 3.74. The van der Waals surface area contributed by atoms with Crippen LogP contribution in [0.1, 0.15) is 53.4 Å². The fraction of sp³-hybridized carbons (Fsp3) is 1.00. The van der Waals surface area contributed by atoms with Gasteiger partial charge in [-0.1, -0.05) is 0 Å². The van der Waals surface area contributed by atoms with Crippen molar-refractivity contribution >= 4 is 14.2 Å². The van der Waals surface area contributed by atoms with E-state index >= 15 is 0 Å². The molecule has 0 aromatic carbocycles. The molecule has 0 fully saturated rings. The van der Waals surface area contributed by atoms with Gasteiger partial charge in [0.05, 0.1) is 0 Å². The minimum atomic E-state index is -2.43. The van der Waals surface area contributed by atoms with Gasteiger partial charge in [-0.25, -0.2) is 0 Å². The first kappa shape index (κ1) is 17.4. The van der Waals surface area contributed by atoms with Crippen LogP contribution in [0.3, 0.4) is 0 Å². The second-order valence-electron chi connectivity index (χ2n) is 4.46. The van der Waals surface area contributed by atoms with Crippen LogP contribution in [0.25, 0.3) is 0 Å². The first-order valence-corrected chi connectivity index (χ1v) is 11.4. The van der Waals surface area contributed by atoms with Crippen molar-refractivity contribution < 1.29 is 0 Å². The van der Waals surface area contributed by atoms with Gasteiger partial charge in [-0.15, -0.1) is 0 Å². The van der Waals surface area contributed by atoms with Gasteiger partial charge in [0.15, 0.2) is 0 Å². The van der Waals surface area contributed by atoms with E-state index in [1.54, 1.807) is 0 Å². The van der Waals surface area contributed by atoms with Crippen molar-refractivity contribution in [1.29, 1.82) is 0 Å².